The Balaban J connectivity index is 1.90. The Labute approximate surface area is 123 Å². The first-order valence-electron chi connectivity index (χ1n) is 6.78. The van der Waals surface area contributed by atoms with Gasteiger partial charge in [-0.3, -0.25) is 0 Å². The van der Waals surface area contributed by atoms with Crippen molar-refractivity contribution < 1.29 is 14.3 Å². The van der Waals surface area contributed by atoms with Gasteiger partial charge in [-0.05, 0) is 20.9 Å². The van der Waals surface area contributed by atoms with Gasteiger partial charge in [-0.15, -0.1) is 11.3 Å². The molecule has 0 amide bonds. The molecule has 2 rings (SSSR count). The number of ether oxygens (including phenoxy) is 2. The Morgan fingerprint density at radius 3 is 3.15 bits per heavy atom. The number of hydrogen-bond donors (Lipinski definition) is 1. The summed E-state index contributed by atoms with van der Waals surface area (Å²) in [5, 5.41) is 3.98. The monoisotopic (exact) mass is 299 g/mol. The highest BCUT2D eigenvalue weighted by Gasteiger charge is 2.19. The average molecular weight is 299 g/mol. The minimum absolute atomic E-state index is 0.156. The maximum atomic E-state index is 11.7. The van der Waals surface area contributed by atoms with E-state index in [0.717, 1.165) is 29.7 Å². The van der Waals surface area contributed by atoms with Crippen molar-refractivity contribution in [2.75, 3.05) is 45.2 Å². The van der Waals surface area contributed by atoms with Gasteiger partial charge in [-0.1, -0.05) is 0 Å². The van der Waals surface area contributed by atoms with Gasteiger partial charge in [0.1, 0.15) is 0 Å². The first kappa shape index (κ1) is 15.2. The highest BCUT2D eigenvalue weighted by molar-refractivity contribution is 7.15. The Hall–Kier alpha value is -1.18. The molecule has 0 aromatic carbocycles. The van der Waals surface area contributed by atoms with Gasteiger partial charge in [-0.25, -0.2) is 9.78 Å². The number of hydrogen-bond acceptors (Lipinski definition) is 7. The Bertz CT molecular complexity index is 464. The van der Waals surface area contributed by atoms with Crippen molar-refractivity contribution in [1.82, 2.24) is 9.88 Å². The third kappa shape index (κ3) is 3.91. The van der Waals surface area contributed by atoms with Gasteiger partial charge >= 0.3 is 5.97 Å². The molecule has 1 fully saturated rings. The molecule has 0 spiro atoms. The molecule has 0 aliphatic carbocycles. The Morgan fingerprint density at radius 2 is 2.45 bits per heavy atom. The zero-order valence-electron chi connectivity index (χ0n) is 12.1. The summed E-state index contributed by atoms with van der Waals surface area (Å²) in [5.74, 6) is -0.358. The second-order valence-corrected chi connectivity index (χ2v) is 5.98. The van der Waals surface area contributed by atoms with Crippen molar-refractivity contribution in [2.45, 2.75) is 20.0 Å². The number of morpholine rings is 1. The largest absolute Gasteiger partial charge is 0.461 e. The second-order valence-electron chi connectivity index (χ2n) is 4.78. The summed E-state index contributed by atoms with van der Waals surface area (Å²) in [6.07, 6.45) is 0.156. The molecule has 1 aromatic heterocycles. The lowest BCUT2D eigenvalue weighted by atomic mass is 10.3. The molecular weight excluding hydrogens is 278 g/mol. The Kier molecular flexibility index (Phi) is 5.33. The molecule has 1 aliphatic heterocycles. The van der Waals surface area contributed by atoms with Crippen LogP contribution in [0.2, 0.25) is 0 Å². The van der Waals surface area contributed by atoms with Crippen LogP contribution in [0.5, 0.6) is 0 Å². The number of rotatable bonds is 5. The number of anilines is 1. The molecule has 0 radical (unpaired) electrons. The van der Waals surface area contributed by atoms with Gasteiger partial charge < -0.3 is 19.7 Å². The molecular formula is C13H21N3O3S. The van der Waals surface area contributed by atoms with Gasteiger partial charge in [0.25, 0.3) is 0 Å². The van der Waals surface area contributed by atoms with Crippen molar-refractivity contribution in [2.24, 2.45) is 0 Å². The zero-order valence-corrected chi connectivity index (χ0v) is 13.0. The molecule has 0 bridgehead atoms. The lowest BCUT2D eigenvalue weighted by Gasteiger charge is -2.29. The number of likely N-dealkylation sites (N-methyl/N-ethyl adjacent to an activating group) is 1. The van der Waals surface area contributed by atoms with Crippen LogP contribution in [0.25, 0.3) is 0 Å². The van der Waals surface area contributed by atoms with Crippen LogP contribution in [-0.2, 0) is 9.47 Å². The van der Waals surface area contributed by atoms with Crippen LogP contribution < -0.4 is 5.32 Å². The topological polar surface area (TPSA) is 63.7 Å². The van der Waals surface area contributed by atoms with Crippen molar-refractivity contribution in [3.63, 3.8) is 0 Å². The molecule has 1 saturated heterocycles. The number of thiazole rings is 1. The van der Waals surface area contributed by atoms with Crippen molar-refractivity contribution in [3.05, 3.63) is 10.6 Å². The van der Waals surface area contributed by atoms with Gasteiger partial charge in [0, 0.05) is 24.5 Å². The zero-order chi connectivity index (χ0) is 14.5. The van der Waals surface area contributed by atoms with E-state index in [1.165, 1.54) is 11.3 Å². The SMILES string of the molecule is CCOC(=O)c1nc(NCC2CN(C)CCO2)sc1C. The standard InChI is InChI=1S/C13H21N3O3S/c1-4-18-12(17)11-9(2)20-13(15-11)14-7-10-8-16(3)5-6-19-10/h10H,4-8H2,1-3H3,(H,14,15). The molecule has 1 N–H and O–H groups in total. The minimum Gasteiger partial charge on any atom is -0.461 e. The molecule has 0 saturated carbocycles. The second kappa shape index (κ2) is 7.01. The summed E-state index contributed by atoms with van der Waals surface area (Å²) in [6.45, 7) is 7.35. The van der Waals surface area contributed by atoms with E-state index in [2.05, 4.69) is 22.2 Å². The predicted molar refractivity (Wildman–Crippen MR) is 78.5 cm³/mol. The van der Waals surface area contributed by atoms with Crippen LogP contribution in [0, 0.1) is 6.92 Å². The highest BCUT2D eigenvalue weighted by Crippen LogP contribution is 2.22. The summed E-state index contributed by atoms with van der Waals surface area (Å²) in [6, 6.07) is 0. The van der Waals surface area contributed by atoms with Crippen molar-refractivity contribution in [3.8, 4) is 0 Å². The number of esters is 1. The molecule has 1 atom stereocenters. The smallest absolute Gasteiger partial charge is 0.358 e. The highest BCUT2D eigenvalue weighted by atomic mass is 32.1. The summed E-state index contributed by atoms with van der Waals surface area (Å²) < 4.78 is 10.7. The molecule has 7 heteroatoms. The molecule has 1 aliphatic rings. The third-order valence-electron chi connectivity index (χ3n) is 3.09. The van der Waals surface area contributed by atoms with Crippen LogP contribution in [0.3, 0.4) is 0 Å². The quantitative estimate of drug-likeness (QED) is 0.829. The lowest BCUT2D eigenvalue weighted by molar-refractivity contribution is -0.0117. The third-order valence-corrected chi connectivity index (χ3v) is 4.02. The van der Waals surface area contributed by atoms with Gasteiger partial charge in [-0.2, -0.15) is 0 Å². The fourth-order valence-corrected chi connectivity index (χ4v) is 2.86. The number of nitrogens with one attached hydrogen (secondary N) is 1. The normalized spacial score (nSPS) is 19.9. The van der Waals surface area contributed by atoms with Crippen LogP contribution in [0.4, 0.5) is 5.13 Å². The summed E-state index contributed by atoms with van der Waals surface area (Å²) in [5.41, 5.74) is 0.404. The molecule has 6 nitrogen and oxygen atoms in total. The summed E-state index contributed by atoms with van der Waals surface area (Å²) in [7, 11) is 2.09. The van der Waals surface area contributed by atoms with E-state index in [9.17, 15) is 4.79 Å². The molecule has 20 heavy (non-hydrogen) atoms. The van der Waals surface area contributed by atoms with Crippen LogP contribution >= 0.6 is 11.3 Å². The number of aryl methyl sites for hydroxylation is 1. The number of aromatic nitrogens is 1. The van der Waals surface area contributed by atoms with E-state index >= 15 is 0 Å². The molecule has 112 valence electrons. The van der Waals surface area contributed by atoms with Crippen LogP contribution in [0.15, 0.2) is 0 Å². The van der Waals surface area contributed by atoms with Crippen LogP contribution in [-0.4, -0.2) is 61.9 Å². The van der Waals surface area contributed by atoms with Crippen molar-refractivity contribution in [1.29, 1.82) is 0 Å². The van der Waals surface area contributed by atoms with E-state index < -0.39 is 0 Å². The van der Waals surface area contributed by atoms with Gasteiger partial charge in [0.2, 0.25) is 0 Å². The molecule has 1 unspecified atom stereocenters. The fourth-order valence-electron chi connectivity index (χ4n) is 2.05. The maximum absolute atomic E-state index is 11.7. The van der Waals surface area contributed by atoms with Crippen molar-refractivity contribution >= 4 is 22.4 Å². The first-order valence-corrected chi connectivity index (χ1v) is 7.60. The number of carbonyl (C=O) groups excluding carboxylic acids is 1. The minimum atomic E-state index is -0.358. The van der Waals surface area contributed by atoms with Crippen LogP contribution in [0.1, 0.15) is 22.3 Å². The summed E-state index contributed by atoms with van der Waals surface area (Å²) in [4.78, 5) is 19.1. The van der Waals surface area contributed by atoms with E-state index in [1.807, 2.05) is 6.92 Å². The van der Waals surface area contributed by atoms with Gasteiger partial charge in [0.05, 0.1) is 19.3 Å². The number of carbonyl (C=O) groups is 1. The Morgan fingerprint density at radius 1 is 1.65 bits per heavy atom. The molecule has 1 aromatic rings. The van der Waals surface area contributed by atoms with E-state index in [0.29, 0.717) is 18.8 Å². The molecule has 2 heterocycles. The predicted octanol–water partition coefficient (Wildman–Crippen LogP) is 1.37. The maximum Gasteiger partial charge on any atom is 0.358 e. The lowest BCUT2D eigenvalue weighted by Crippen LogP contribution is -2.43. The van der Waals surface area contributed by atoms with Gasteiger partial charge in [0.15, 0.2) is 10.8 Å². The van der Waals surface area contributed by atoms with E-state index in [4.69, 9.17) is 9.47 Å². The van der Waals surface area contributed by atoms with E-state index in [1.54, 1.807) is 6.92 Å². The fraction of sp³-hybridized carbons (Fsp3) is 0.692. The average Bonchev–Trinajstić information content (AvgIpc) is 2.78. The van der Waals surface area contributed by atoms with E-state index in [-0.39, 0.29) is 12.1 Å². The number of nitrogens with zero attached hydrogens (tertiary/aromatic N) is 2. The summed E-state index contributed by atoms with van der Waals surface area (Å²) >= 11 is 1.47. The first-order chi connectivity index (χ1) is 9.60.